The standard InChI is InChI=1S/C16H19N3/c1-2-6-16-14(5-1)18-11-19(16)15-7-3-4-12-8-9-17-10-13(12)15/h3-4,7,11,17H,1-2,5-6,8-10H2. The van der Waals surface area contributed by atoms with E-state index in [1.54, 1.807) is 0 Å². The number of aryl methyl sites for hydroxylation is 1. The fourth-order valence-electron chi connectivity index (χ4n) is 3.40. The lowest BCUT2D eigenvalue weighted by molar-refractivity contribution is 0.632. The van der Waals surface area contributed by atoms with Gasteiger partial charge >= 0.3 is 0 Å². The Morgan fingerprint density at radius 1 is 1.11 bits per heavy atom. The van der Waals surface area contributed by atoms with Gasteiger partial charge in [-0.15, -0.1) is 0 Å². The Kier molecular flexibility index (Phi) is 2.66. The molecule has 3 nitrogen and oxygen atoms in total. The molecular formula is C16H19N3. The molecule has 2 heterocycles. The van der Waals surface area contributed by atoms with Gasteiger partial charge in [-0.3, -0.25) is 0 Å². The molecule has 0 radical (unpaired) electrons. The summed E-state index contributed by atoms with van der Waals surface area (Å²) in [6.07, 6.45) is 8.08. The molecule has 19 heavy (non-hydrogen) atoms. The summed E-state index contributed by atoms with van der Waals surface area (Å²) in [5, 5.41) is 3.49. The van der Waals surface area contributed by atoms with Crippen LogP contribution in [0.1, 0.15) is 35.4 Å². The molecule has 1 aliphatic heterocycles. The van der Waals surface area contributed by atoms with Crippen LogP contribution < -0.4 is 5.32 Å². The number of nitrogens with one attached hydrogen (secondary N) is 1. The summed E-state index contributed by atoms with van der Waals surface area (Å²) in [6.45, 7) is 2.08. The Bertz CT molecular complexity index is 612. The maximum Gasteiger partial charge on any atom is 0.0997 e. The Balaban J connectivity index is 1.86. The van der Waals surface area contributed by atoms with E-state index in [0.29, 0.717) is 0 Å². The highest BCUT2D eigenvalue weighted by Crippen LogP contribution is 2.27. The molecule has 0 fully saturated rings. The van der Waals surface area contributed by atoms with Gasteiger partial charge in [-0.05, 0) is 55.8 Å². The second kappa shape index (κ2) is 4.49. The Hall–Kier alpha value is -1.61. The normalized spacial score (nSPS) is 17.9. The van der Waals surface area contributed by atoms with Crippen molar-refractivity contribution in [3.8, 4) is 5.69 Å². The fraction of sp³-hybridized carbons (Fsp3) is 0.438. The van der Waals surface area contributed by atoms with Crippen LogP contribution in [0.5, 0.6) is 0 Å². The lowest BCUT2D eigenvalue weighted by atomic mass is 9.97. The number of fused-ring (bicyclic) bond motifs is 2. The van der Waals surface area contributed by atoms with Gasteiger partial charge in [0.1, 0.15) is 0 Å². The van der Waals surface area contributed by atoms with Gasteiger partial charge in [-0.1, -0.05) is 12.1 Å². The van der Waals surface area contributed by atoms with E-state index in [0.717, 1.165) is 25.9 Å². The van der Waals surface area contributed by atoms with Gasteiger partial charge in [0.15, 0.2) is 0 Å². The molecule has 98 valence electrons. The molecule has 2 aromatic rings. The van der Waals surface area contributed by atoms with Gasteiger partial charge < -0.3 is 9.88 Å². The van der Waals surface area contributed by atoms with Crippen LogP contribution in [0.15, 0.2) is 24.5 Å². The lowest BCUT2D eigenvalue weighted by Crippen LogP contribution is -2.25. The van der Waals surface area contributed by atoms with Crippen molar-refractivity contribution in [1.29, 1.82) is 0 Å². The monoisotopic (exact) mass is 253 g/mol. The third-order valence-electron chi connectivity index (χ3n) is 4.41. The maximum absolute atomic E-state index is 4.62. The van der Waals surface area contributed by atoms with Crippen molar-refractivity contribution >= 4 is 0 Å². The van der Waals surface area contributed by atoms with Gasteiger partial charge in [0.2, 0.25) is 0 Å². The molecular weight excluding hydrogens is 234 g/mol. The summed E-state index contributed by atoms with van der Waals surface area (Å²) in [5.41, 5.74) is 7.03. The number of benzene rings is 1. The first-order valence-electron chi connectivity index (χ1n) is 7.30. The smallest absolute Gasteiger partial charge is 0.0997 e. The summed E-state index contributed by atoms with van der Waals surface area (Å²) in [6, 6.07) is 6.69. The van der Waals surface area contributed by atoms with Gasteiger partial charge in [-0.25, -0.2) is 4.98 Å². The van der Waals surface area contributed by atoms with E-state index < -0.39 is 0 Å². The first-order valence-corrected chi connectivity index (χ1v) is 7.30. The summed E-state index contributed by atoms with van der Waals surface area (Å²) < 4.78 is 2.33. The number of imidazole rings is 1. The molecule has 0 spiro atoms. The Morgan fingerprint density at radius 3 is 3.05 bits per heavy atom. The van der Waals surface area contributed by atoms with Crippen molar-refractivity contribution in [3.05, 3.63) is 47.0 Å². The first kappa shape index (κ1) is 11.2. The Labute approximate surface area is 113 Å². The third-order valence-corrected chi connectivity index (χ3v) is 4.41. The Morgan fingerprint density at radius 2 is 2.05 bits per heavy atom. The molecule has 0 amide bonds. The van der Waals surface area contributed by atoms with Gasteiger partial charge in [-0.2, -0.15) is 0 Å². The van der Waals surface area contributed by atoms with Crippen molar-refractivity contribution < 1.29 is 0 Å². The summed E-state index contributed by atoms with van der Waals surface area (Å²) in [4.78, 5) is 4.62. The van der Waals surface area contributed by atoms with E-state index in [2.05, 4.69) is 33.1 Å². The average Bonchev–Trinajstić information content (AvgIpc) is 2.90. The van der Waals surface area contributed by atoms with E-state index in [4.69, 9.17) is 0 Å². The van der Waals surface area contributed by atoms with E-state index in [1.165, 1.54) is 47.5 Å². The first-order chi connectivity index (χ1) is 9.43. The number of nitrogens with zero attached hydrogens (tertiary/aromatic N) is 2. The minimum Gasteiger partial charge on any atom is -0.312 e. The van der Waals surface area contributed by atoms with Crippen LogP contribution in [0.25, 0.3) is 5.69 Å². The average molecular weight is 253 g/mol. The second-order valence-corrected chi connectivity index (χ2v) is 5.56. The molecule has 0 bridgehead atoms. The highest BCUT2D eigenvalue weighted by atomic mass is 15.1. The SMILES string of the molecule is c1cc2c(c(-n3cnc4c3CCCC4)c1)CNCC2. The van der Waals surface area contributed by atoms with Gasteiger partial charge in [0, 0.05) is 12.2 Å². The lowest BCUT2D eigenvalue weighted by Gasteiger charge is -2.22. The van der Waals surface area contributed by atoms with E-state index in [-0.39, 0.29) is 0 Å². The van der Waals surface area contributed by atoms with Crippen molar-refractivity contribution in [2.75, 3.05) is 6.54 Å². The predicted octanol–water partition coefficient (Wildman–Crippen LogP) is 2.40. The zero-order valence-corrected chi connectivity index (χ0v) is 11.2. The molecule has 0 saturated carbocycles. The minimum atomic E-state index is 0.985. The number of rotatable bonds is 1. The quantitative estimate of drug-likeness (QED) is 0.845. The van der Waals surface area contributed by atoms with Crippen LogP contribution in [0.4, 0.5) is 0 Å². The molecule has 3 heteroatoms. The maximum atomic E-state index is 4.62. The molecule has 0 atom stereocenters. The van der Waals surface area contributed by atoms with Crippen LogP contribution in [0.3, 0.4) is 0 Å². The van der Waals surface area contributed by atoms with E-state index >= 15 is 0 Å². The predicted molar refractivity (Wildman–Crippen MR) is 75.6 cm³/mol. The molecule has 4 rings (SSSR count). The zero-order valence-electron chi connectivity index (χ0n) is 11.2. The molecule has 1 aromatic carbocycles. The van der Waals surface area contributed by atoms with E-state index in [1.807, 2.05) is 6.33 Å². The highest BCUT2D eigenvalue weighted by molar-refractivity contribution is 5.49. The molecule has 1 aliphatic carbocycles. The number of hydrogen-bond donors (Lipinski definition) is 1. The summed E-state index contributed by atoms with van der Waals surface area (Å²) >= 11 is 0. The van der Waals surface area contributed by atoms with Crippen molar-refractivity contribution in [1.82, 2.24) is 14.9 Å². The summed E-state index contributed by atoms with van der Waals surface area (Å²) in [7, 11) is 0. The van der Waals surface area contributed by atoms with Gasteiger partial charge in [0.25, 0.3) is 0 Å². The molecule has 0 unspecified atom stereocenters. The molecule has 1 aromatic heterocycles. The van der Waals surface area contributed by atoms with Crippen LogP contribution in [-0.2, 0) is 25.8 Å². The van der Waals surface area contributed by atoms with Crippen LogP contribution in [0.2, 0.25) is 0 Å². The minimum absolute atomic E-state index is 0.985. The van der Waals surface area contributed by atoms with Crippen LogP contribution in [-0.4, -0.2) is 16.1 Å². The fourth-order valence-corrected chi connectivity index (χ4v) is 3.40. The topological polar surface area (TPSA) is 29.9 Å². The van der Waals surface area contributed by atoms with Crippen LogP contribution >= 0.6 is 0 Å². The van der Waals surface area contributed by atoms with Crippen molar-refractivity contribution in [2.45, 2.75) is 38.6 Å². The third kappa shape index (κ3) is 1.80. The summed E-state index contributed by atoms with van der Waals surface area (Å²) in [5.74, 6) is 0. The molecule has 0 saturated heterocycles. The van der Waals surface area contributed by atoms with E-state index in [9.17, 15) is 0 Å². The second-order valence-electron chi connectivity index (χ2n) is 5.56. The van der Waals surface area contributed by atoms with Crippen molar-refractivity contribution in [2.24, 2.45) is 0 Å². The largest absolute Gasteiger partial charge is 0.312 e. The molecule has 2 aliphatic rings. The zero-order chi connectivity index (χ0) is 12.7. The van der Waals surface area contributed by atoms with Crippen LogP contribution in [0, 0.1) is 0 Å². The highest BCUT2D eigenvalue weighted by Gasteiger charge is 2.19. The number of hydrogen-bond acceptors (Lipinski definition) is 2. The molecule has 1 N–H and O–H groups in total. The van der Waals surface area contributed by atoms with Crippen molar-refractivity contribution in [3.63, 3.8) is 0 Å². The number of aromatic nitrogens is 2. The van der Waals surface area contributed by atoms with Gasteiger partial charge in [0.05, 0.1) is 17.7 Å².